The van der Waals surface area contributed by atoms with Crippen molar-refractivity contribution in [1.29, 1.82) is 0 Å². The van der Waals surface area contributed by atoms with Crippen LogP contribution in [0, 0.1) is 11.6 Å². The summed E-state index contributed by atoms with van der Waals surface area (Å²) in [6.07, 6.45) is 0.256. The van der Waals surface area contributed by atoms with Crippen molar-refractivity contribution >= 4 is 11.9 Å². The molecule has 1 aliphatic heterocycles. The van der Waals surface area contributed by atoms with Crippen molar-refractivity contribution in [2.24, 2.45) is 0 Å². The van der Waals surface area contributed by atoms with E-state index in [1.165, 1.54) is 17.9 Å². The standard InChI is InChI=1S/C13H13F2NO3/c1-13(12(18)19)4-5-16(13)11(17)7-8-2-3-9(14)10(15)6-8/h2-3,6H,4-5,7H2,1H3,(H,18,19). The molecule has 2 rings (SSSR count). The van der Waals surface area contributed by atoms with Gasteiger partial charge in [-0.15, -0.1) is 0 Å². The monoisotopic (exact) mass is 269 g/mol. The Morgan fingerprint density at radius 3 is 2.53 bits per heavy atom. The first-order chi connectivity index (χ1) is 8.84. The molecule has 1 heterocycles. The summed E-state index contributed by atoms with van der Waals surface area (Å²) in [5, 5.41) is 9.05. The first kappa shape index (κ1) is 13.5. The Bertz CT molecular complexity index is 547. The highest BCUT2D eigenvalue weighted by Gasteiger charge is 2.49. The third-order valence-electron chi connectivity index (χ3n) is 3.52. The molecule has 0 radical (unpaired) electrons. The Hall–Kier alpha value is -1.98. The van der Waals surface area contributed by atoms with Crippen LogP contribution in [0.5, 0.6) is 0 Å². The smallest absolute Gasteiger partial charge is 0.329 e. The Morgan fingerprint density at radius 2 is 2.05 bits per heavy atom. The van der Waals surface area contributed by atoms with E-state index in [9.17, 15) is 18.4 Å². The molecule has 19 heavy (non-hydrogen) atoms. The van der Waals surface area contributed by atoms with Gasteiger partial charge in [-0.05, 0) is 31.0 Å². The van der Waals surface area contributed by atoms with Crippen molar-refractivity contribution in [3.63, 3.8) is 0 Å². The molecule has 1 aromatic carbocycles. The minimum absolute atomic E-state index is 0.139. The number of carboxylic acids is 1. The molecule has 102 valence electrons. The summed E-state index contributed by atoms with van der Waals surface area (Å²) in [6, 6.07) is 3.21. The van der Waals surface area contributed by atoms with Gasteiger partial charge in [0.1, 0.15) is 5.54 Å². The van der Waals surface area contributed by atoms with Gasteiger partial charge in [0, 0.05) is 6.54 Å². The van der Waals surface area contributed by atoms with Gasteiger partial charge in [-0.2, -0.15) is 0 Å². The molecule has 1 N–H and O–H groups in total. The van der Waals surface area contributed by atoms with Gasteiger partial charge >= 0.3 is 5.97 Å². The number of hydrogen-bond donors (Lipinski definition) is 1. The lowest BCUT2D eigenvalue weighted by atomic mass is 9.86. The summed E-state index contributed by atoms with van der Waals surface area (Å²) in [7, 11) is 0. The van der Waals surface area contributed by atoms with E-state index in [2.05, 4.69) is 0 Å². The van der Waals surface area contributed by atoms with Gasteiger partial charge in [-0.1, -0.05) is 6.07 Å². The van der Waals surface area contributed by atoms with Gasteiger partial charge in [-0.3, -0.25) is 4.79 Å². The third kappa shape index (κ3) is 2.30. The molecular weight excluding hydrogens is 256 g/mol. The van der Waals surface area contributed by atoms with E-state index >= 15 is 0 Å². The second kappa shape index (κ2) is 4.60. The number of nitrogens with zero attached hydrogens (tertiary/aromatic N) is 1. The Balaban J connectivity index is 2.10. The van der Waals surface area contributed by atoms with Gasteiger partial charge in [-0.25, -0.2) is 13.6 Å². The number of carbonyl (C=O) groups is 2. The molecule has 0 bridgehead atoms. The largest absolute Gasteiger partial charge is 0.480 e. The first-order valence-corrected chi connectivity index (χ1v) is 5.82. The molecule has 4 nitrogen and oxygen atoms in total. The molecule has 0 aliphatic carbocycles. The summed E-state index contributed by atoms with van der Waals surface area (Å²) in [6.45, 7) is 1.84. The Labute approximate surface area is 108 Å². The molecule has 1 saturated heterocycles. The van der Waals surface area contributed by atoms with Crippen LogP contribution in [-0.2, 0) is 16.0 Å². The van der Waals surface area contributed by atoms with E-state index in [4.69, 9.17) is 5.11 Å². The third-order valence-corrected chi connectivity index (χ3v) is 3.52. The molecule has 1 amide bonds. The van der Waals surface area contributed by atoms with Gasteiger partial charge < -0.3 is 10.0 Å². The molecule has 1 aromatic rings. The quantitative estimate of drug-likeness (QED) is 0.906. The van der Waals surface area contributed by atoms with Crippen molar-refractivity contribution in [3.8, 4) is 0 Å². The molecule has 1 aliphatic rings. The van der Waals surface area contributed by atoms with E-state index in [-0.39, 0.29) is 6.42 Å². The zero-order valence-electron chi connectivity index (χ0n) is 10.3. The number of carbonyl (C=O) groups excluding carboxylic acids is 1. The van der Waals surface area contributed by atoms with Crippen molar-refractivity contribution < 1.29 is 23.5 Å². The number of likely N-dealkylation sites (tertiary alicyclic amines) is 1. The lowest BCUT2D eigenvalue weighted by Crippen LogP contribution is -2.64. The van der Waals surface area contributed by atoms with Gasteiger partial charge in [0.05, 0.1) is 6.42 Å². The van der Waals surface area contributed by atoms with Crippen LogP contribution in [0.15, 0.2) is 18.2 Å². The molecule has 1 fully saturated rings. The topological polar surface area (TPSA) is 57.6 Å². The van der Waals surface area contributed by atoms with Crippen molar-refractivity contribution in [1.82, 2.24) is 4.90 Å². The molecule has 1 unspecified atom stereocenters. The predicted molar refractivity (Wildman–Crippen MR) is 62.4 cm³/mol. The van der Waals surface area contributed by atoms with Crippen LogP contribution in [0.3, 0.4) is 0 Å². The van der Waals surface area contributed by atoms with Crippen molar-refractivity contribution in [3.05, 3.63) is 35.4 Å². The first-order valence-electron chi connectivity index (χ1n) is 5.82. The summed E-state index contributed by atoms with van der Waals surface area (Å²) in [4.78, 5) is 24.3. The maximum Gasteiger partial charge on any atom is 0.329 e. The van der Waals surface area contributed by atoms with Crippen molar-refractivity contribution in [2.75, 3.05) is 6.54 Å². The highest BCUT2D eigenvalue weighted by atomic mass is 19.2. The lowest BCUT2D eigenvalue weighted by molar-refractivity contribution is -0.168. The van der Waals surface area contributed by atoms with Crippen LogP contribution in [0.2, 0.25) is 0 Å². The van der Waals surface area contributed by atoms with E-state index in [1.54, 1.807) is 0 Å². The fraction of sp³-hybridized carbons (Fsp3) is 0.385. The number of rotatable bonds is 3. The van der Waals surface area contributed by atoms with E-state index in [0.717, 1.165) is 12.1 Å². The fourth-order valence-corrected chi connectivity index (χ4v) is 2.10. The van der Waals surface area contributed by atoms with Crippen LogP contribution < -0.4 is 0 Å². The number of halogens is 2. The minimum atomic E-state index is -1.18. The number of carboxylic acid groups (broad SMARTS) is 1. The van der Waals surface area contributed by atoms with Gasteiger partial charge in [0.2, 0.25) is 5.91 Å². The normalized spacial score (nSPS) is 21.9. The average Bonchev–Trinajstić information content (AvgIpc) is 2.31. The van der Waals surface area contributed by atoms with Gasteiger partial charge in [0.15, 0.2) is 11.6 Å². The van der Waals surface area contributed by atoms with Crippen LogP contribution in [0.25, 0.3) is 0 Å². The molecule has 0 aromatic heterocycles. The predicted octanol–water partition coefficient (Wildman–Crippen LogP) is 1.58. The highest BCUT2D eigenvalue weighted by molar-refractivity contribution is 5.89. The number of amides is 1. The number of aliphatic carboxylic acids is 1. The second-order valence-electron chi connectivity index (χ2n) is 4.80. The summed E-state index contributed by atoms with van der Waals surface area (Å²) < 4.78 is 25.8. The van der Waals surface area contributed by atoms with E-state index in [1.807, 2.05) is 0 Å². The average molecular weight is 269 g/mol. The van der Waals surface area contributed by atoms with E-state index in [0.29, 0.717) is 18.5 Å². The molecule has 0 saturated carbocycles. The zero-order valence-corrected chi connectivity index (χ0v) is 10.3. The van der Waals surface area contributed by atoms with Crippen LogP contribution >= 0.6 is 0 Å². The van der Waals surface area contributed by atoms with Crippen LogP contribution in [0.1, 0.15) is 18.9 Å². The van der Waals surface area contributed by atoms with Crippen LogP contribution in [-0.4, -0.2) is 34.0 Å². The number of benzene rings is 1. The zero-order chi connectivity index (χ0) is 14.2. The lowest BCUT2D eigenvalue weighted by Gasteiger charge is -2.47. The summed E-state index contributed by atoms with van der Waals surface area (Å²) in [5.74, 6) is -3.45. The summed E-state index contributed by atoms with van der Waals surface area (Å²) in [5.41, 5.74) is -0.862. The molecule has 6 heteroatoms. The van der Waals surface area contributed by atoms with Crippen molar-refractivity contribution in [2.45, 2.75) is 25.3 Å². The van der Waals surface area contributed by atoms with Crippen LogP contribution in [0.4, 0.5) is 8.78 Å². The fourth-order valence-electron chi connectivity index (χ4n) is 2.10. The maximum absolute atomic E-state index is 13.0. The Kier molecular flexibility index (Phi) is 3.26. The Morgan fingerprint density at radius 1 is 1.37 bits per heavy atom. The minimum Gasteiger partial charge on any atom is -0.480 e. The molecular formula is C13H13F2NO3. The maximum atomic E-state index is 13.0. The van der Waals surface area contributed by atoms with E-state index < -0.39 is 29.0 Å². The number of hydrogen-bond acceptors (Lipinski definition) is 2. The highest BCUT2D eigenvalue weighted by Crippen LogP contribution is 2.31. The summed E-state index contributed by atoms with van der Waals surface area (Å²) >= 11 is 0. The molecule has 1 atom stereocenters. The SMILES string of the molecule is CC1(C(=O)O)CCN1C(=O)Cc1ccc(F)c(F)c1. The van der Waals surface area contributed by atoms with Gasteiger partial charge in [0.25, 0.3) is 0 Å². The molecule has 0 spiro atoms. The second-order valence-corrected chi connectivity index (χ2v) is 4.80.